The Hall–Kier alpha value is -3.52. The van der Waals surface area contributed by atoms with Gasteiger partial charge in [0.15, 0.2) is 11.6 Å². The molecule has 29 heavy (non-hydrogen) atoms. The summed E-state index contributed by atoms with van der Waals surface area (Å²) < 4.78 is 10.3. The van der Waals surface area contributed by atoms with Gasteiger partial charge in [0.2, 0.25) is 0 Å². The number of piperazine rings is 1. The predicted molar refractivity (Wildman–Crippen MR) is 110 cm³/mol. The van der Waals surface area contributed by atoms with Gasteiger partial charge in [-0.25, -0.2) is 4.79 Å². The molecule has 4 rings (SSSR count). The molecule has 2 heterocycles. The molecule has 1 aromatic heterocycles. The molecular formula is C21H22N4O4. The molecule has 0 spiro atoms. The fraction of sp³-hybridized carbons (Fsp3) is 0.238. The number of hydrogen-bond acceptors (Lipinski definition) is 7. The number of benzene rings is 2. The zero-order valence-electron chi connectivity index (χ0n) is 16.0. The molecule has 3 aromatic rings. The molecule has 150 valence electrons. The molecule has 0 atom stereocenters. The van der Waals surface area contributed by atoms with Gasteiger partial charge in [-0.05, 0) is 17.7 Å². The average molecular weight is 394 g/mol. The number of anilines is 2. The molecule has 0 aliphatic carbocycles. The second-order valence-electron chi connectivity index (χ2n) is 6.65. The van der Waals surface area contributed by atoms with Gasteiger partial charge < -0.3 is 24.6 Å². The second kappa shape index (κ2) is 8.24. The molecule has 2 aromatic carbocycles. The van der Waals surface area contributed by atoms with Gasteiger partial charge in [-0.1, -0.05) is 35.5 Å². The SMILES string of the molecule is COC(=O)Nc1ccc(-c2ccccc2)c(O)c1-c1cc(N2CCNCC2)no1. The van der Waals surface area contributed by atoms with E-state index in [4.69, 9.17) is 9.26 Å². The Kier molecular flexibility index (Phi) is 5.35. The summed E-state index contributed by atoms with van der Waals surface area (Å²) in [5.74, 6) is 1.04. The zero-order chi connectivity index (χ0) is 20.2. The summed E-state index contributed by atoms with van der Waals surface area (Å²) in [5, 5.41) is 21.2. The second-order valence-corrected chi connectivity index (χ2v) is 6.65. The first-order valence-electron chi connectivity index (χ1n) is 9.36. The number of methoxy groups -OCH3 is 1. The number of hydrogen-bond donors (Lipinski definition) is 3. The van der Waals surface area contributed by atoms with Crippen molar-refractivity contribution in [3.05, 3.63) is 48.5 Å². The van der Waals surface area contributed by atoms with Crippen molar-refractivity contribution in [3.63, 3.8) is 0 Å². The maximum atomic E-state index is 11.8. The van der Waals surface area contributed by atoms with Crippen LogP contribution in [0.25, 0.3) is 22.5 Å². The number of rotatable bonds is 4. The van der Waals surface area contributed by atoms with Gasteiger partial charge in [0, 0.05) is 37.8 Å². The highest BCUT2D eigenvalue weighted by atomic mass is 16.5. The van der Waals surface area contributed by atoms with Crippen LogP contribution in [0, 0.1) is 0 Å². The monoisotopic (exact) mass is 394 g/mol. The number of carbonyl (C=O) groups excluding carboxylic acids is 1. The van der Waals surface area contributed by atoms with Crippen molar-refractivity contribution in [1.29, 1.82) is 0 Å². The molecule has 1 aliphatic rings. The number of ether oxygens (including phenoxy) is 1. The third kappa shape index (κ3) is 3.88. The molecule has 8 heteroatoms. The van der Waals surface area contributed by atoms with E-state index in [0.29, 0.717) is 28.4 Å². The molecule has 1 aliphatic heterocycles. The van der Waals surface area contributed by atoms with Crippen LogP contribution in [0.4, 0.5) is 16.3 Å². The van der Waals surface area contributed by atoms with Crippen LogP contribution in [-0.4, -0.2) is 49.6 Å². The lowest BCUT2D eigenvalue weighted by Gasteiger charge is -2.26. The number of nitrogens with zero attached hydrogens (tertiary/aromatic N) is 2. The normalized spacial score (nSPS) is 13.9. The van der Waals surface area contributed by atoms with Crippen molar-refractivity contribution in [2.45, 2.75) is 0 Å². The molecule has 1 saturated heterocycles. The molecule has 0 saturated carbocycles. The fourth-order valence-corrected chi connectivity index (χ4v) is 3.38. The molecule has 1 amide bonds. The number of nitrogens with one attached hydrogen (secondary N) is 2. The Balaban J connectivity index is 1.78. The summed E-state index contributed by atoms with van der Waals surface area (Å²) in [5.41, 5.74) is 2.19. The van der Waals surface area contributed by atoms with Crippen LogP contribution in [0.15, 0.2) is 53.1 Å². The van der Waals surface area contributed by atoms with Crippen LogP contribution in [0.1, 0.15) is 0 Å². The number of phenols is 1. The lowest BCUT2D eigenvalue weighted by Crippen LogP contribution is -2.43. The van der Waals surface area contributed by atoms with E-state index in [1.165, 1.54) is 7.11 Å². The van der Waals surface area contributed by atoms with Crippen molar-refractivity contribution >= 4 is 17.6 Å². The van der Waals surface area contributed by atoms with Crippen molar-refractivity contribution in [1.82, 2.24) is 10.5 Å². The number of amides is 1. The smallest absolute Gasteiger partial charge is 0.411 e. The van der Waals surface area contributed by atoms with Crippen molar-refractivity contribution in [2.75, 3.05) is 43.5 Å². The fourth-order valence-electron chi connectivity index (χ4n) is 3.38. The van der Waals surface area contributed by atoms with Crippen molar-refractivity contribution in [3.8, 4) is 28.2 Å². The van der Waals surface area contributed by atoms with Crippen LogP contribution in [0.5, 0.6) is 5.75 Å². The maximum Gasteiger partial charge on any atom is 0.411 e. The van der Waals surface area contributed by atoms with Gasteiger partial charge in [-0.15, -0.1) is 0 Å². The van der Waals surface area contributed by atoms with Crippen LogP contribution in [0.3, 0.4) is 0 Å². The molecule has 0 radical (unpaired) electrons. The largest absolute Gasteiger partial charge is 0.506 e. The summed E-state index contributed by atoms with van der Waals surface area (Å²) in [6, 6.07) is 14.7. The molecule has 3 N–H and O–H groups in total. The van der Waals surface area contributed by atoms with Crippen LogP contribution >= 0.6 is 0 Å². The summed E-state index contributed by atoms with van der Waals surface area (Å²) in [6.45, 7) is 3.36. The number of aromatic hydroxyl groups is 1. The highest BCUT2D eigenvalue weighted by molar-refractivity contribution is 5.96. The van der Waals surface area contributed by atoms with E-state index in [9.17, 15) is 9.90 Å². The Morgan fingerprint density at radius 2 is 1.97 bits per heavy atom. The van der Waals surface area contributed by atoms with Crippen LogP contribution in [-0.2, 0) is 4.74 Å². The van der Waals surface area contributed by atoms with Gasteiger partial charge in [0.05, 0.1) is 18.4 Å². The first-order chi connectivity index (χ1) is 14.2. The third-order valence-corrected chi connectivity index (χ3v) is 4.87. The van der Waals surface area contributed by atoms with Gasteiger partial charge in [0.1, 0.15) is 5.75 Å². The third-order valence-electron chi connectivity index (χ3n) is 4.87. The topological polar surface area (TPSA) is 99.9 Å². The highest BCUT2D eigenvalue weighted by Crippen LogP contribution is 2.43. The number of carbonyl (C=O) groups is 1. The highest BCUT2D eigenvalue weighted by Gasteiger charge is 2.23. The quantitative estimate of drug-likeness (QED) is 0.624. The lowest BCUT2D eigenvalue weighted by atomic mass is 9.98. The van der Waals surface area contributed by atoms with E-state index < -0.39 is 6.09 Å². The van der Waals surface area contributed by atoms with Crippen LogP contribution < -0.4 is 15.5 Å². The predicted octanol–water partition coefficient (Wildman–Crippen LogP) is 3.30. The van der Waals surface area contributed by atoms with E-state index >= 15 is 0 Å². The molecule has 0 bridgehead atoms. The van der Waals surface area contributed by atoms with Gasteiger partial charge in [-0.3, -0.25) is 5.32 Å². The van der Waals surface area contributed by atoms with E-state index in [2.05, 4.69) is 20.7 Å². The molecular weight excluding hydrogens is 372 g/mol. The van der Waals surface area contributed by atoms with E-state index in [1.54, 1.807) is 18.2 Å². The van der Waals surface area contributed by atoms with Crippen LogP contribution in [0.2, 0.25) is 0 Å². The Bertz CT molecular complexity index is 997. The number of phenolic OH excluding ortho intramolecular Hbond substituents is 1. The summed E-state index contributed by atoms with van der Waals surface area (Å²) in [6.07, 6.45) is -0.639. The first kappa shape index (κ1) is 18.8. The standard InChI is InChI=1S/C21H22N4O4/c1-28-21(27)23-16-8-7-15(14-5-3-2-4-6-14)20(26)19(16)17-13-18(24-29-17)25-11-9-22-10-12-25/h2-8,13,22,26H,9-12H2,1H3,(H,23,27). The Morgan fingerprint density at radius 1 is 1.21 bits per heavy atom. The Morgan fingerprint density at radius 3 is 2.69 bits per heavy atom. The minimum Gasteiger partial charge on any atom is -0.506 e. The summed E-state index contributed by atoms with van der Waals surface area (Å²) in [7, 11) is 1.28. The first-order valence-corrected chi connectivity index (χ1v) is 9.36. The van der Waals surface area contributed by atoms with Crippen molar-refractivity contribution < 1.29 is 19.2 Å². The molecule has 8 nitrogen and oxygen atoms in total. The number of aromatic nitrogens is 1. The van der Waals surface area contributed by atoms with Gasteiger partial charge in [-0.2, -0.15) is 0 Å². The molecule has 1 fully saturated rings. The van der Waals surface area contributed by atoms with Crippen molar-refractivity contribution in [2.24, 2.45) is 0 Å². The van der Waals surface area contributed by atoms with Gasteiger partial charge >= 0.3 is 6.09 Å². The van der Waals surface area contributed by atoms with E-state index in [1.807, 2.05) is 30.3 Å². The average Bonchev–Trinajstić information content (AvgIpc) is 3.25. The molecule has 0 unspecified atom stereocenters. The van der Waals surface area contributed by atoms with E-state index in [0.717, 1.165) is 31.7 Å². The minimum atomic E-state index is -0.639. The maximum absolute atomic E-state index is 11.8. The summed E-state index contributed by atoms with van der Waals surface area (Å²) >= 11 is 0. The Labute approximate surface area is 168 Å². The summed E-state index contributed by atoms with van der Waals surface area (Å²) in [4.78, 5) is 13.9. The van der Waals surface area contributed by atoms with E-state index in [-0.39, 0.29) is 5.75 Å². The zero-order valence-corrected chi connectivity index (χ0v) is 16.0. The minimum absolute atomic E-state index is 0.00638. The van der Waals surface area contributed by atoms with Gasteiger partial charge in [0.25, 0.3) is 0 Å². The lowest BCUT2D eigenvalue weighted by molar-refractivity contribution is 0.187.